The zero-order valence-electron chi connectivity index (χ0n) is 10.4. The summed E-state index contributed by atoms with van der Waals surface area (Å²) in [5, 5.41) is 11.1. The van der Waals surface area contributed by atoms with Gasteiger partial charge in [0.25, 0.3) is 0 Å². The van der Waals surface area contributed by atoms with Crippen molar-refractivity contribution < 1.29 is 19.5 Å². The molecule has 0 unspecified atom stereocenters. The monoisotopic (exact) mass is 284 g/mol. The number of rotatable bonds is 3. The number of benzene rings is 2. The van der Waals surface area contributed by atoms with Crippen LogP contribution in [0.2, 0.25) is 0 Å². The van der Waals surface area contributed by atoms with Crippen molar-refractivity contribution in [2.75, 3.05) is 0 Å². The minimum atomic E-state index is -1.22. The summed E-state index contributed by atoms with van der Waals surface area (Å²) in [6.07, 6.45) is 2.67. The van der Waals surface area contributed by atoms with E-state index in [1.54, 1.807) is 24.3 Å². The maximum absolute atomic E-state index is 11.4. The highest BCUT2D eigenvalue weighted by molar-refractivity contribution is 6.44. The summed E-state index contributed by atoms with van der Waals surface area (Å²) in [6.45, 7) is 0. The first-order valence-corrected chi connectivity index (χ1v) is 6.56. The highest BCUT2D eigenvalue weighted by Gasteiger charge is 2.21. The van der Waals surface area contributed by atoms with Gasteiger partial charge in [-0.25, -0.2) is 14.4 Å². The van der Waals surface area contributed by atoms with Gasteiger partial charge in [0, 0.05) is 15.6 Å². The summed E-state index contributed by atoms with van der Waals surface area (Å²) < 4.78 is 0. The number of isocyanates is 2. The Morgan fingerprint density at radius 3 is 2.15 bits per heavy atom. The molecular formula is C13H8N2O4Si. The first kappa shape index (κ1) is 13.6. The van der Waals surface area contributed by atoms with E-state index in [2.05, 4.69) is 9.98 Å². The third kappa shape index (κ3) is 2.08. The average molecular weight is 284 g/mol. The highest BCUT2D eigenvalue weighted by atomic mass is 28.1. The molecule has 98 valence electrons. The number of carbonyl (C=O) groups excluding carboxylic acids is 2. The van der Waals surface area contributed by atoms with E-state index in [1.807, 2.05) is 0 Å². The fourth-order valence-corrected chi connectivity index (χ4v) is 3.04. The summed E-state index contributed by atoms with van der Waals surface area (Å²) >= 11 is 0. The van der Waals surface area contributed by atoms with Crippen molar-refractivity contribution in [1.29, 1.82) is 0 Å². The Morgan fingerprint density at radius 1 is 1.05 bits per heavy atom. The van der Waals surface area contributed by atoms with Gasteiger partial charge in [0.2, 0.25) is 12.2 Å². The largest absolute Gasteiger partial charge is 0.478 e. The molecule has 20 heavy (non-hydrogen) atoms. The van der Waals surface area contributed by atoms with Crippen molar-refractivity contribution in [2.24, 2.45) is 9.98 Å². The summed E-state index contributed by atoms with van der Waals surface area (Å²) in [5.41, 5.74) is -0.247. The maximum Gasteiger partial charge on any atom is 0.337 e. The minimum absolute atomic E-state index is 0.0240. The van der Waals surface area contributed by atoms with Crippen LogP contribution in [0.5, 0.6) is 0 Å². The minimum Gasteiger partial charge on any atom is -0.478 e. The number of hydrogen-bond acceptors (Lipinski definition) is 5. The lowest BCUT2D eigenvalue weighted by molar-refractivity contribution is 0.0699. The van der Waals surface area contributed by atoms with E-state index >= 15 is 0 Å². The van der Waals surface area contributed by atoms with Gasteiger partial charge in [0.1, 0.15) is 11.4 Å². The van der Waals surface area contributed by atoms with Crippen molar-refractivity contribution in [3.63, 3.8) is 0 Å². The van der Waals surface area contributed by atoms with Gasteiger partial charge in [-0.15, -0.1) is 0 Å². The number of nitrogens with zero attached hydrogens (tertiary/aromatic N) is 2. The highest BCUT2D eigenvalue weighted by Crippen LogP contribution is 2.37. The van der Waals surface area contributed by atoms with E-state index in [4.69, 9.17) is 0 Å². The molecule has 0 radical (unpaired) electrons. The normalized spacial score (nSPS) is 9.80. The Hall–Kier alpha value is -2.85. The van der Waals surface area contributed by atoms with Gasteiger partial charge < -0.3 is 5.11 Å². The summed E-state index contributed by atoms with van der Waals surface area (Å²) in [4.78, 5) is 39.5. The van der Waals surface area contributed by atoms with Gasteiger partial charge in [0.15, 0.2) is 0 Å². The van der Waals surface area contributed by atoms with Crippen molar-refractivity contribution in [3.05, 3.63) is 29.8 Å². The first-order chi connectivity index (χ1) is 9.61. The third-order valence-corrected chi connectivity index (χ3v) is 3.99. The zero-order valence-corrected chi connectivity index (χ0v) is 12.4. The Labute approximate surface area is 115 Å². The van der Waals surface area contributed by atoms with Crippen LogP contribution in [0.25, 0.3) is 10.8 Å². The van der Waals surface area contributed by atoms with Crippen molar-refractivity contribution >= 4 is 55.7 Å². The second-order valence-electron chi connectivity index (χ2n) is 3.95. The van der Waals surface area contributed by atoms with E-state index in [-0.39, 0.29) is 16.9 Å². The Bertz CT molecular complexity index is 819. The molecule has 0 amide bonds. The fourth-order valence-electron chi connectivity index (χ4n) is 2.15. The first-order valence-electron chi connectivity index (χ1n) is 5.56. The van der Waals surface area contributed by atoms with Crippen LogP contribution < -0.4 is 5.19 Å². The molecule has 0 aliphatic heterocycles. The third-order valence-electron chi connectivity index (χ3n) is 2.95. The van der Waals surface area contributed by atoms with E-state index in [0.29, 0.717) is 26.2 Å². The summed E-state index contributed by atoms with van der Waals surface area (Å²) in [5.74, 6) is -1.22. The van der Waals surface area contributed by atoms with Gasteiger partial charge in [-0.05, 0) is 10.6 Å². The van der Waals surface area contributed by atoms with Crippen LogP contribution in [0, 0.1) is 0 Å². The number of hydrogen-bond donors (Lipinski definition) is 1. The van der Waals surface area contributed by atoms with Crippen molar-refractivity contribution in [2.45, 2.75) is 0 Å². The Kier molecular flexibility index (Phi) is 3.68. The van der Waals surface area contributed by atoms with Crippen LogP contribution in [0.1, 0.15) is 10.4 Å². The van der Waals surface area contributed by atoms with Crippen LogP contribution >= 0.6 is 0 Å². The van der Waals surface area contributed by atoms with Gasteiger partial charge in [-0.3, -0.25) is 0 Å². The molecule has 0 aromatic heterocycles. The molecule has 0 heterocycles. The van der Waals surface area contributed by atoms with Crippen molar-refractivity contribution in [1.82, 2.24) is 0 Å². The van der Waals surface area contributed by atoms with E-state index in [1.165, 1.54) is 12.2 Å². The molecule has 7 heteroatoms. The van der Waals surface area contributed by atoms with Gasteiger partial charge in [-0.2, -0.15) is 9.98 Å². The molecule has 0 saturated heterocycles. The van der Waals surface area contributed by atoms with Crippen LogP contribution in [-0.4, -0.2) is 33.5 Å². The van der Waals surface area contributed by atoms with Crippen LogP contribution in [0.15, 0.2) is 34.3 Å². The van der Waals surface area contributed by atoms with Crippen LogP contribution in [0.3, 0.4) is 0 Å². The second-order valence-corrected chi connectivity index (χ2v) is 4.95. The lowest BCUT2D eigenvalue weighted by Gasteiger charge is -2.11. The molecule has 6 nitrogen and oxygen atoms in total. The number of carboxylic acid groups (broad SMARTS) is 1. The molecule has 0 aliphatic carbocycles. The molecule has 2 aromatic carbocycles. The van der Waals surface area contributed by atoms with Crippen LogP contribution in [0.4, 0.5) is 11.4 Å². The quantitative estimate of drug-likeness (QED) is 0.503. The predicted molar refractivity (Wildman–Crippen MR) is 76.0 cm³/mol. The molecule has 2 rings (SSSR count). The maximum atomic E-state index is 11.4. The van der Waals surface area contributed by atoms with Gasteiger partial charge in [0.05, 0.1) is 5.56 Å². The number of fused-ring (bicyclic) bond motifs is 1. The standard InChI is InChI=1S/C13H8N2O4Si/c16-5-14-10-7-3-1-2-4-8(7)12(20)9(13(18)19)11(10)15-6-17/h1-4H,20H3,(H,18,19). The van der Waals surface area contributed by atoms with E-state index in [9.17, 15) is 19.5 Å². The molecule has 0 saturated carbocycles. The molecular weight excluding hydrogens is 276 g/mol. The Morgan fingerprint density at radius 2 is 1.60 bits per heavy atom. The summed E-state index contributed by atoms with van der Waals surface area (Å²) in [6, 6.07) is 6.90. The van der Waals surface area contributed by atoms with Gasteiger partial charge >= 0.3 is 5.97 Å². The molecule has 0 fully saturated rings. The average Bonchev–Trinajstić information content (AvgIpc) is 2.43. The lowest BCUT2D eigenvalue weighted by Crippen LogP contribution is -2.17. The lowest BCUT2D eigenvalue weighted by atomic mass is 10.0. The molecule has 0 spiro atoms. The molecule has 1 N–H and O–H groups in total. The number of carbonyl (C=O) groups is 1. The molecule has 0 bridgehead atoms. The Balaban J connectivity index is 3.14. The number of aliphatic imine (C=N–C) groups is 2. The molecule has 0 aliphatic rings. The molecule has 0 atom stereocenters. The van der Waals surface area contributed by atoms with E-state index < -0.39 is 5.97 Å². The smallest absolute Gasteiger partial charge is 0.337 e. The summed E-state index contributed by atoms with van der Waals surface area (Å²) in [7, 11) is 0.433. The SMILES string of the molecule is O=C=Nc1c(C(=O)O)c([SiH3])c2ccccc2c1N=C=O. The van der Waals surface area contributed by atoms with Crippen molar-refractivity contribution in [3.8, 4) is 0 Å². The number of carboxylic acids is 1. The fraction of sp³-hybridized carbons (Fsp3) is 0. The zero-order chi connectivity index (χ0) is 14.7. The van der Waals surface area contributed by atoms with E-state index in [0.717, 1.165) is 0 Å². The number of aromatic carboxylic acids is 1. The predicted octanol–water partition coefficient (Wildman–Crippen LogP) is 0.463. The van der Waals surface area contributed by atoms with Gasteiger partial charge in [-0.1, -0.05) is 24.3 Å². The second kappa shape index (κ2) is 5.42. The van der Waals surface area contributed by atoms with Crippen LogP contribution in [-0.2, 0) is 9.59 Å². The topological polar surface area (TPSA) is 96.2 Å². The molecule has 2 aromatic rings.